The van der Waals surface area contributed by atoms with E-state index in [1.807, 2.05) is 6.92 Å². The zero-order chi connectivity index (χ0) is 10.4. The molecule has 14 heavy (non-hydrogen) atoms. The lowest BCUT2D eigenvalue weighted by atomic mass is 10.1. The number of ether oxygens (including phenoxy) is 1. The molecule has 3 heteroatoms. The molecule has 1 rings (SSSR count). The molecule has 3 nitrogen and oxygen atoms in total. The largest absolute Gasteiger partial charge is 0.504 e. The molecule has 0 saturated carbocycles. The first kappa shape index (κ1) is 10.6. The minimum atomic E-state index is -0.0434. The van der Waals surface area contributed by atoms with E-state index in [2.05, 4.69) is 0 Å². The Bertz CT molecular complexity index is 318. The van der Waals surface area contributed by atoms with E-state index in [4.69, 9.17) is 9.84 Å². The van der Waals surface area contributed by atoms with E-state index in [1.54, 1.807) is 30.4 Å². The van der Waals surface area contributed by atoms with Crippen LogP contribution in [0.4, 0.5) is 0 Å². The predicted octanol–water partition coefficient (Wildman–Crippen LogP) is 1.80. The summed E-state index contributed by atoms with van der Waals surface area (Å²) in [5.74, 6) is 0.576. The minimum Gasteiger partial charge on any atom is -0.504 e. The van der Waals surface area contributed by atoms with Gasteiger partial charge in [0.1, 0.15) is 0 Å². The highest BCUT2D eigenvalue weighted by atomic mass is 16.5. The Kier molecular flexibility index (Phi) is 4.01. The Morgan fingerprint density at radius 2 is 2.21 bits per heavy atom. The summed E-state index contributed by atoms with van der Waals surface area (Å²) in [5, 5.41) is 18.3. The van der Waals surface area contributed by atoms with Crippen molar-refractivity contribution in [3.63, 3.8) is 0 Å². The van der Waals surface area contributed by atoms with Crippen molar-refractivity contribution in [3.05, 3.63) is 29.8 Å². The van der Waals surface area contributed by atoms with Crippen LogP contribution in [0.25, 0.3) is 6.08 Å². The van der Waals surface area contributed by atoms with Gasteiger partial charge in [0.25, 0.3) is 0 Å². The number of aliphatic hydroxyl groups is 1. The van der Waals surface area contributed by atoms with Crippen LogP contribution in [0.5, 0.6) is 11.5 Å². The Hall–Kier alpha value is -1.48. The lowest BCUT2D eigenvalue weighted by molar-refractivity contribution is 0.318. The number of phenols is 1. The molecule has 0 aromatic heterocycles. The molecule has 1 aromatic rings. The third-order valence-electron chi connectivity index (χ3n) is 1.73. The minimum absolute atomic E-state index is 0.0434. The quantitative estimate of drug-likeness (QED) is 0.768. The first-order chi connectivity index (χ1) is 6.79. The maximum atomic E-state index is 9.69. The molecule has 0 unspecified atom stereocenters. The lowest BCUT2D eigenvalue weighted by Gasteiger charge is -2.07. The number of phenolic OH excluding ortho intramolecular Hbond substituents is 1. The Balaban J connectivity index is 2.95. The highest BCUT2D eigenvalue weighted by molar-refractivity contribution is 5.61. The summed E-state index contributed by atoms with van der Waals surface area (Å²) < 4.78 is 5.21. The number of aliphatic hydroxyl groups excluding tert-OH is 1. The van der Waals surface area contributed by atoms with Gasteiger partial charge in [-0.05, 0) is 13.0 Å². The van der Waals surface area contributed by atoms with E-state index in [1.165, 1.54) is 0 Å². The fraction of sp³-hybridized carbons (Fsp3) is 0.273. The van der Waals surface area contributed by atoms with Gasteiger partial charge in [-0.25, -0.2) is 0 Å². The highest BCUT2D eigenvalue weighted by Crippen LogP contribution is 2.30. The van der Waals surface area contributed by atoms with Crippen molar-refractivity contribution in [1.82, 2.24) is 0 Å². The van der Waals surface area contributed by atoms with Gasteiger partial charge in [-0.2, -0.15) is 0 Å². The van der Waals surface area contributed by atoms with Crippen LogP contribution in [0.3, 0.4) is 0 Å². The maximum absolute atomic E-state index is 9.69. The van der Waals surface area contributed by atoms with Crippen LogP contribution in [0.1, 0.15) is 12.5 Å². The van der Waals surface area contributed by atoms with E-state index in [-0.39, 0.29) is 12.4 Å². The maximum Gasteiger partial charge on any atom is 0.165 e. The molecule has 0 aliphatic rings. The van der Waals surface area contributed by atoms with Crippen molar-refractivity contribution in [2.24, 2.45) is 0 Å². The lowest BCUT2D eigenvalue weighted by Crippen LogP contribution is -1.92. The summed E-state index contributed by atoms with van der Waals surface area (Å²) in [6.07, 6.45) is 3.21. The smallest absolute Gasteiger partial charge is 0.165 e. The fourth-order valence-corrected chi connectivity index (χ4v) is 1.13. The first-order valence-electron chi connectivity index (χ1n) is 4.51. The van der Waals surface area contributed by atoms with Crippen LogP contribution in [0, 0.1) is 0 Å². The highest BCUT2D eigenvalue weighted by Gasteiger charge is 2.04. The normalized spacial score (nSPS) is 10.7. The van der Waals surface area contributed by atoms with E-state index in [9.17, 15) is 5.11 Å². The third-order valence-corrected chi connectivity index (χ3v) is 1.73. The van der Waals surface area contributed by atoms with Gasteiger partial charge in [-0.15, -0.1) is 0 Å². The molecule has 0 bridgehead atoms. The van der Waals surface area contributed by atoms with Crippen molar-refractivity contribution in [2.45, 2.75) is 6.92 Å². The number of rotatable bonds is 4. The van der Waals surface area contributed by atoms with E-state index < -0.39 is 0 Å². The third kappa shape index (κ3) is 2.50. The predicted molar refractivity (Wildman–Crippen MR) is 55.4 cm³/mol. The topological polar surface area (TPSA) is 49.7 Å². The number of hydrogen-bond donors (Lipinski definition) is 2. The molecule has 0 amide bonds. The molecule has 0 radical (unpaired) electrons. The summed E-state index contributed by atoms with van der Waals surface area (Å²) in [6.45, 7) is 2.33. The molecule has 0 aliphatic heterocycles. The molecular formula is C11H14O3. The molecule has 76 valence electrons. The number of hydrogen-bond acceptors (Lipinski definition) is 3. The van der Waals surface area contributed by atoms with Gasteiger partial charge >= 0.3 is 0 Å². The molecule has 0 fully saturated rings. The molecule has 1 aromatic carbocycles. The summed E-state index contributed by atoms with van der Waals surface area (Å²) in [7, 11) is 0. The molecule has 0 saturated heterocycles. The van der Waals surface area contributed by atoms with E-state index in [0.29, 0.717) is 17.9 Å². The van der Waals surface area contributed by atoms with Crippen molar-refractivity contribution >= 4 is 6.08 Å². The molecule has 0 spiro atoms. The zero-order valence-corrected chi connectivity index (χ0v) is 8.10. The number of para-hydroxylation sites is 1. The second-order valence-corrected chi connectivity index (χ2v) is 2.71. The Morgan fingerprint density at radius 3 is 2.86 bits per heavy atom. The zero-order valence-electron chi connectivity index (χ0n) is 8.10. The van der Waals surface area contributed by atoms with Crippen molar-refractivity contribution in [1.29, 1.82) is 0 Å². The fourth-order valence-electron chi connectivity index (χ4n) is 1.13. The van der Waals surface area contributed by atoms with Gasteiger partial charge in [-0.1, -0.05) is 24.3 Å². The van der Waals surface area contributed by atoms with Crippen molar-refractivity contribution < 1.29 is 14.9 Å². The summed E-state index contributed by atoms with van der Waals surface area (Å²) in [5.41, 5.74) is 0.644. The van der Waals surface area contributed by atoms with Crippen LogP contribution in [-0.2, 0) is 0 Å². The van der Waals surface area contributed by atoms with Crippen LogP contribution >= 0.6 is 0 Å². The average Bonchev–Trinajstić information content (AvgIpc) is 2.20. The van der Waals surface area contributed by atoms with Crippen LogP contribution in [0.15, 0.2) is 24.3 Å². The van der Waals surface area contributed by atoms with E-state index >= 15 is 0 Å². The van der Waals surface area contributed by atoms with Crippen molar-refractivity contribution in [2.75, 3.05) is 13.2 Å². The van der Waals surface area contributed by atoms with E-state index in [0.717, 1.165) is 0 Å². The number of benzene rings is 1. The summed E-state index contributed by atoms with van der Waals surface area (Å²) >= 11 is 0. The van der Waals surface area contributed by atoms with Crippen LogP contribution in [-0.4, -0.2) is 23.4 Å². The Labute approximate surface area is 83.3 Å². The van der Waals surface area contributed by atoms with Gasteiger partial charge in [-0.3, -0.25) is 0 Å². The number of aromatic hydroxyl groups is 1. The monoisotopic (exact) mass is 194 g/mol. The van der Waals surface area contributed by atoms with Gasteiger partial charge < -0.3 is 14.9 Å². The Morgan fingerprint density at radius 1 is 1.43 bits per heavy atom. The van der Waals surface area contributed by atoms with Crippen LogP contribution in [0.2, 0.25) is 0 Å². The molecule has 0 aliphatic carbocycles. The second kappa shape index (κ2) is 5.29. The summed E-state index contributed by atoms with van der Waals surface area (Å²) in [4.78, 5) is 0. The van der Waals surface area contributed by atoms with Gasteiger partial charge in [0, 0.05) is 5.56 Å². The molecule has 2 N–H and O–H groups in total. The summed E-state index contributed by atoms with van der Waals surface area (Å²) in [6, 6.07) is 5.25. The average molecular weight is 194 g/mol. The first-order valence-corrected chi connectivity index (χ1v) is 4.51. The second-order valence-electron chi connectivity index (χ2n) is 2.71. The van der Waals surface area contributed by atoms with Crippen LogP contribution < -0.4 is 4.74 Å². The van der Waals surface area contributed by atoms with Gasteiger partial charge in [0.2, 0.25) is 0 Å². The molecular weight excluding hydrogens is 180 g/mol. The van der Waals surface area contributed by atoms with Gasteiger partial charge in [0.05, 0.1) is 13.2 Å². The van der Waals surface area contributed by atoms with Gasteiger partial charge in [0.15, 0.2) is 11.5 Å². The molecule has 0 heterocycles. The standard InChI is InChI=1S/C11H14O3/c1-2-14-10-7-3-5-9(11(10)13)6-4-8-12/h3-7,12-13H,2,8H2,1H3/b6-4+. The SMILES string of the molecule is CCOc1cccc(/C=C/CO)c1O. The molecule has 0 atom stereocenters. The van der Waals surface area contributed by atoms with Crippen molar-refractivity contribution in [3.8, 4) is 11.5 Å².